The van der Waals surface area contributed by atoms with Gasteiger partial charge in [-0.3, -0.25) is 14.2 Å². The number of ketones is 1. The first-order valence-corrected chi connectivity index (χ1v) is 6.01. The Bertz CT molecular complexity index is 615. The number of halogens is 1. The average Bonchev–Trinajstić information content (AvgIpc) is 2.72. The summed E-state index contributed by atoms with van der Waals surface area (Å²) in [6.07, 6.45) is 6.38. The van der Waals surface area contributed by atoms with Crippen molar-refractivity contribution in [1.82, 2.24) is 14.1 Å². The molecule has 5 nitrogen and oxygen atoms in total. The van der Waals surface area contributed by atoms with E-state index in [1.807, 2.05) is 29.6 Å². The number of rotatable bonds is 3. The zero-order valence-corrected chi connectivity index (χ0v) is 11.3. The number of nitrogens with zero attached hydrogens (tertiary/aromatic N) is 3. The summed E-state index contributed by atoms with van der Waals surface area (Å²) < 4.78 is 3.62. The van der Waals surface area contributed by atoms with Gasteiger partial charge >= 0.3 is 0 Å². The Labute approximate surface area is 111 Å². The molecular formula is C11H10IN3O2. The molecule has 0 fully saturated rings. The van der Waals surface area contributed by atoms with Gasteiger partial charge in [0.15, 0.2) is 5.78 Å². The van der Waals surface area contributed by atoms with Crippen LogP contribution in [0.2, 0.25) is 0 Å². The van der Waals surface area contributed by atoms with Crippen LogP contribution >= 0.6 is 22.6 Å². The van der Waals surface area contributed by atoms with Gasteiger partial charge < -0.3 is 4.57 Å². The second-order valence-corrected chi connectivity index (χ2v) is 4.83. The van der Waals surface area contributed by atoms with Gasteiger partial charge in [0.05, 0.1) is 16.4 Å². The van der Waals surface area contributed by atoms with E-state index in [0.29, 0.717) is 9.13 Å². The van der Waals surface area contributed by atoms with Crippen molar-refractivity contribution in [3.8, 4) is 0 Å². The summed E-state index contributed by atoms with van der Waals surface area (Å²) in [5.41, 5.74) is 0.406. The second-order valence-electron chi connectivity index (χ2n) is 3.66. The SMILES string of the molecule is Cn1ccc(C(=O)Cn2cncc(I)c2=O)c1. The summed E-state index contributed by atoms with van der Waals surface area (Å²) in [5.74, 6) is -0.100. The Hall–Kier alpha value is -1.44. The summed E-state index contributed by atoms with van der Waals surface area (Å²) in [4.78, 5) is 27.5. The molecule has 88 valence electrons. The largest absolute Gasteiger partial charge is 0.357 e. The summed E-state index contributed by atoms with van der Waals surface area (Å²) in [5, 5.41) is 0. The van der Waals surface area contributed by atoms with Gasteiger partial charge in [0.1, 0.15) is 0 Å². The van der Waals surface area contributed by atoms with Crippen molar-refractivity contribution in [2.45, 2.75) is 6.54 Å². The summed E-state index contributed by atoms with van der Waals surface area (Å²) in [6, 6.07) is 1.73. The Morgan fingerprint density at radius 1 is 1.53 bits per heavy atom. The van der Waals surface area contributed by atoms with E-state index in [1.54, 1.807) is 23.0 Å². The van der Waals surface area contributed by atoms with Crippen LogP contribution in [0.1, 0.15) is 10.4 Å². The van der Waals surface area contributed by atoms with Crippen molar-refractivity contribution >= 4 is 28.4 Å². The van der Waals surface area contributed by atoms with Crippen molar-refractivity contribution < 1.29 is 4.79 Å². The Balaban J connectivity index is 2.25. The predicted molar refractivity (Wildman–Crippen MR) is 71.0 cm³/mol. The standard InChI is InChI=1S/C11H10IN3O2/c1-14-3-2-8(5-14)10(16)6-15-7-13-4-9(12)11(15)17/h2-5,7H,6H2,1H3. The monoisotopic (exact) mass is 343 g/mol. The van der Waals surface area contributed by atoms with Crippen LogP contribution < -0.4 is 5.56 Å². The Morgan fingerprint density at radius 2 is 2.29 bits per heavy atom. The lowest BCUT2D eigenvalue weighted by molar-refractivity contribution is 0.0970. The van der Waals surface area contributed by atoms with E-state index < -0.39 is 0 Å². The van der Waals surface area contributed by atoms with E-state index in [1.165, 1.54) is 17.1 Å². The quantitative estimate of drug-likeness (QED) is 0.619. The van der Waals surface area contributed by atoms with E-state index in [0.717, 1.165) is 0 Å². The molecule has 0 unspecified atom stereocenters. The van der Waals surface area contributed by atoms with Crippen LogP contribution in [0.5, 0.6) is 0 Å². The van der Waals surface area contributed by atoms with Crippen molar-refractivity contribution in [3.63, 3.8) is 0 Å². The molecule has 0 atom stereocenters. The van der Waals surface area contributed by atoms with Gasteiger partial charge in [0.25, 0.3) is 5.56 Å². The molecule has 0 saturated carbocycles. The molecule has 0 radical (unpaired) electrons. The fourth-order valence-corrected chi connectivity index (χ4v) is 1.92. The highest BCUT2D eigenvalue weighted by Gasteiger charge is 2.09. The lowest BCUT2D eigenvalue weighted by Gasteiger charge is -2.03. The van der Waals surface area contributed by atoms with Crippen molar-refractivity contribution in [3.05, 3.63) is 50.5 Å². The number of hydrogen-bond acceptors (Lipinski definition) is 3. The van der Waals surface area contributed by atoms with Gasteiger partial charge in [-0.25, -0.2) is 4.98 Å². The summed E-state index contributed by atoms with van der Waals surface area (Å²) >= 11 is 1.90. The minimum absolute atomic E-state index is 0.0205. The lowest BCUT2D eigenvalue weighted by atomic mass is 10.2. The summed E-state index contributed by atoms with van der Waals surface area (Å²) in [6.45, 7) is 0.0205. The third-order valence-corrected chi connectivity index (χ3v) is 3.07. The van der Waals surface area contributed by atoms with Crippen molar-refractivity contribution in [1.29, 1.82) is 0 Å². The van der Waals surface area contributed by atoms with Crippen LogP contribution in [-0.4, -0.2) is 19.9 Å². The van der Waals surface area contributed by atoms with Crippen LogP contribution in [0, 0.1) is 3.57 Å². The highest BCUT2D eigenvalue weighted by atomic mass is 127. The highest BCUT2D eigenvalue weighted by Crippen LogP contribution is 2.02. The maximum absolute atomic E-state index is 11.9. The van der Waals surface area contributed by atoms with Gasteiger partial charge in [-0.1, -0.05) is 0 Å². The van der Waals surface area contributed by atoms with Gasteiger partial charge in [0, 0.05) is 31.2 Å². The fraction of sp³-hybridized carbons (Fsp3) is 0.182. The van der Waals surface area contributed by atoms with Crippen LogP contribution in [0.3, 0.4) is 0 Å². The van der Waals surface area contributed by atoms with Gasteiger partial charge in [-0.2, -0.15) is 0 Å². The molecule has 0 N–H and O–H groups in total. The van der Waals surface area contributed by atoms with Crippen LogP contribution in [0.25, 0.3) is 0 Å². The zero-order valence-electron chi connectivity index (χ0n) is 9.13. The molecule has 0 aromatic carbocycles. The van der Waals surface area contributed by atoms with E-state index in [2.05, 4.69) is 4.98 Å². The average molecular weight is 343 g/mol. The van der Waals surface area contributed by atoms with Crippen LogP contribution in [0.4, 0.5) is 0 Å². The van der Waals surface area contributed by atoms with E-state index >= 15 is 0 Å². The molecular weight excluding hydrogens is 333 g/mol. The number of carbonyl (C=O) groups excluding carboxylic acids is 1. The minimum Gasteiger partial charge on any atom is -0.357 e. The fourth-order valence-electron chi connectivity index (χ4n) is 1.45. The number of aryl methyl sites for hydroxylation is 1. The molecule has 2 rings (SSSR count). The molecule has 0 bridgehead atoms. The van der Waals surface area contributed by atoms with Crippen molar-refractivity contribution in [2.75, 3.05) is 0 Å². The number of carbonyl (C=O) groups is 1. The molecule has 0 aliphatic carbocycles. The van der Waals surface area contributed by atoms with E-state index in [-0.39, 0.29) is 17.9 Å². The maximum Gasteiger partial charge on any atom is 0.267 e. The first-order chi connectivity index (χ1) is 8.08. The second kappa shape index (κ2) is 4.82. The highest BCUT2D eigenvalue weighted by molar-refractivity contribution is 14.1. The van der Waals surface area contributed by atoms with Crippen LogP contribution in [0.15, 0.2) is 35.8 Å². The molecule has 0 aliphatic heterocycles. The molecule has 17 heavy (non-hydrogen) atoms. The first-order valence-electron chi connectivity index (χ1n) is 4.93. The van der Waals surface area contributed by atoms with Crippen molar-refractivity contribution in [2.24, 2.45) is 7.05 Å². The molecule has 2 aromatic heterocycles. The molecule has 2 aromatic rings. The molecule has 0 saturated heterocycles. The predicted octanol–water partition coefficient (Wildman–Crippen LogP) is 1.07. The third-order valence-electron chi connectivity index (χ3n) is 2.33. The lowest BCUT2D eigenvalue weighted by Crippen LogP contribution is -2.26. The number of Topliss-reactive ketones (excluding diaryl/α,β-unsaturated/α-hetero) is 1. The molecule has 6 heteroatoms. The first kappa shape index (κ1) is 12.0. The number of aromatic nitrogens is 3. The smallest absolute Gasteiger partial charge is 0.267 e. The Kier molecular flexibility index (Phi) is 3.41. The van der Waals surface area contributed by atoms with Gasteiger partial charge in [-0.15, -0.1) is 0 Å². The summed E-state index contributed by atoms with van der Waals surface area (Å²) in [7, 11) is 1.84. The maximum atomic E-state index is 11.9. The topological polar surface area (TPSA) is 56.9 Å². The Morgan fingerprint density at radius 3 is 2.94 bits per heavy atom. The van der Waals surface area contributed by atoms with Crippen LogP contribution in [-0.2, 0) is 13.6 Å². The third kappa shape index (κ3) is 2.63. The van der Waals surface area contributed by atoms with Gasteiger partial charge in [0.2, 0.25) is 0 Å². The van der Waals surface area contributed by atoms with Gasteiger partial charge in [-0.05, 0) is 28.7 Å². The zero-order chi connectivity index (χ0) is 12.4. The molecule has 0 spiro atoms. The molecule has 2 heterocycles. The van der Waals surface area contributed by atoms with E-state index in [4.69, 9.17) is 0 Å². The van der Waals surface area contributed by atoms with E-state index in [9.17, 15) is 9.59 Å². The number of hydrogen-bond donors (Lipinski definition) is 0. The normalized spacial score (nSPS) is 10.5. The minimum atomic E-state index is -0.190. The molecule has 0 amide bonds. The molecule has 0 aliphatic rings.